The van der Waals surface area contributed by atoms with Gasteiger partial charge in [-0.1, -0.05) is 0 Å². The van der Waals surface area contributed by atoms with Crippen LogP contribution in [0.1, 0.15) is 6.42 Å². The first-order chi connectivity index (χ1) is 9.34. The third-order valence-electron chi connectivity index (χ3n) is 2.53. The predicted octanol–water partition coefficient (Wildman–Crippen LogP) is 0.798. The number of carbonyl (C=O) groups is 1. The zero-order valence-corrected chi connectivity index (χ0v) is 11.9. The van der Waals surface area contributed by atoms with E-state index in [9.17, 15) is 17.6 Å². The van der Waals surface area contributed by atoms with Gasteiger partial charge in [-0.2, -0.15) is 0 Å². The smallest absolute Gasteiger partial charge is 0.225 e. The molecule has 0 aromatic heterocycles. The maximum Gasteiger partial charge on any atom is 0.225 e. The second kappa shape index (κ2) is 7.20. The molecule has 0 saturated heterocycles. The molecule has 0 fully saturated rings. The number of hydrogen-bond acceptors (Lipinski definition) is 5. The van der Waals surface area contributed by atoms with Gasteiger partial charge in [-0.3, -0.25) is 4.79 Å². The molecule has 0 atom stereocenters. The molecular weight excluding hydrogens is 287 g/mol. The summed E-state index contributed by atoms with van der Waals surface area (Å²) in [5.41, 5.74) is 5.87. The third-order valence-corrected chi connectivity index (χ3v) is 4.14. The minimum Gasteiger partial charge on any atom is -0.397 e. The average Bonchev–Trinajstić information content (AvgIpc) is 2.38. The van der Waals surface area contributed by atoms with Crippen LogP contribution in [0.4, 0.5) is 15.8 Å². The van der Waals surface area contributed by atoms with Crippen LogP contribution in [0.15, 0.2) is 18.2 Å². The molecule has 1 aromatic carbocycles. The number of ether oxygens (including phenoxy) is 1. The van der Waals surface area contributed by atoms with Gasteiger partial charge in [0.05, 0.1) is 29.5 Å². The van der Waals surface area contributed by atoms with E-state index >= 15 is 0 Å². The Bertz CT molecular complexity index is 575. The summed E-state index contributed by atoms with van der Waals surface area (Å²) in [6.07, 6.45) is -0.192. The Labute approximate surface area is 117 Å². The molecule has 0 unspecified atom stereocenters. The fraction of sp³-hybridized carbons (Fsp3) is 0.417. The van der Waals surface area contributed by atoms with Crippen molar-refractivity contribution in [1.29, 1.82) is 0 Å². The van der Waals surface area contributed by atoms with Gasteiger partial charge in [0.2, 0.25) is 5.91 Å². The number of carbonyl (C=O) groups excluding carboxylic acids is 1. The molecule has 112 valence electrons. The van der Waals surface area contributed by atoms with E-state index in [0.29, 0.717) is 0 Å². The van der Waals surface area contributed by atoms with Crippen LogP contribution < -0.4 is 11.1 Å². The van der Waals surface area contributed by atoms with Crippen molar-refractivity contribution in [2.24, 2.45) is 0 Å². The van der Waals surface area contributed by atoms with Gasteiger partial charge in [-0.05, 0) is 18.2 Å². The van der Waals surface area contributed by atoms with Crippen LogP contribution in [-0.4, -0.2) is 39.5 Å². The lowest BCUT2D eigenvalue weighted by Gasteiger charge is -2.08. The van der Waals surface area contributed by atoms with Crippen molar-refractivity contribution < 1.29 is 22.3 Å². The standard InChI is InChI=1S/C12H17FN2O4S/c1-19-5-7-20(17,18)6-4-12(16)15-11-3-2-9(13)8-10(11)14/h2-3,8H,4-7,14H2,1H3,(H,15,16). The largest absolute Gasteiger partial charge is 0.397 e. The molecule has 1 aromatic rings. The molecule has 8 heteroatoms. The number of benzene rings is 1. The molecule has 0 spiro atoms. The summed E-state index contributed by atoms with van der Waals surface area (Å²) in [5, 5.41) is 2.44. The normalized spacial score (nSPS) is 11.3. The summed E-state index contributed by atoms with van der Waals surface area (Å²) in [5.74, 6) is -1.41. The number of methoxy groups -OCH3 is 1. The number of sulfone groups is 1. The van der Waals surface area contributed by atoms with E-state index in [0.717, 1.165) is 12.1 Å². The number of halogens is 1. The van der Waals surface area contributed by atoms with Crippen molar-refractivity contribution in [3.63, 3.8) is 0 Å². The van der Waals surface area contributed by atoms with Crippen LogP contribution in [0, 0.1) is 5.82 Å². The highest BCUT2D eigenvalue weighted by atomic mass is 32.2. The predicted molar refractivity (Wildman–Crippen MR) is 74.6 cm³/mol. The maximum atomic E-state index is 12.8. The quantitative estimate of drug-likeness (QED) is 0.726. The third kappa shape index (κ3) is 5.54. The maximum absolute atomic E-state index is 12.8. The van der Waals surface area contributed by atoms with Crippen LogP contribution in [0.2, 0.25) is 0 Å². The summed E-state index contributed by atoms with van der Waals surface area (Å²) >= 11 is 0. The van der Waals surface area contributed by atoms with Crippen LogP contribution in [0.25, 0.3) is 0 Å². The first-order valence-electron chi connectivity index (χ1n) is 5.88. The zero-order chi connectivity index (χ0) is 15.2. The SMILES string of the molecule is COCCS(=O)(=O)CCC(=O)Nc1ccc(F)cc1N. The summed E-state index contributed by atoms with van der Waals surface area (Å²) in [6.45, 7) is 0.0921. The fourth-order valence-electron chi connectivity index (χ4n) is 1.42. The van der Waals surface area contributed by atoms with Crippen LogP contribution in [0.3, 0.4) is 0 Å². The van der Waals surface area contributed by atoms with E-state index in [1.165, 1.54) is 13.2 Å². The number of nitrogens with one attached hydrogen (secondary N) is 1. The highest BCUT2D eigenvalue weighted by Gasteiger charge is 2.14. The van der Waals surface area contributed by atoms with Gasteiger partial charge in [0.25, 0.3) is 0 Å². The number of hydrogen-bond donors (Lipinski definition) is 2. The van der Waals surface area contributed by atoms with Gasteiger partial charge in [-0.15, -0.1) is 0 Å². The number of rotatable bonds is 7. The first-order valence-corrected chi connectivity index (χ1v) is 7.70. The Kier molecular flexibility index (Phi) is 5.90. The summed E-state index contributed by atoms with van der Waals surface area (Å²) in [7, 11) is -1.92. The van der Waals surface area contributed by atoms with Gasteiger partial charge in [0, 0.05) is 13.5 Å². The van der Waals surface area contributed by atoms with E-state index in [4.69, 9.17) is 5.73 Å². The van der Waals surface area contributed by atoms with Crippen molar-refractivity contribution in [2.75, 3.05) is 36.3 Å². The van der Waals surface area contributed by atoms with E-state index < -0.39 is 21.6 Å². The molecule has 0 aliphatic heterocycles. The number of anilines is 2. The monoisotopic (exact) mass is 304 g/mol. The Morgan fingerprint density at radius 3 is 2.70 bits per heavy atom. The molecule has 20 heavy (non-hydrogen) atoms. The number of nitrogens with two attached hydrogens (primary N) is 1. The Morgan fingerprint density at radius 1 is 1.40 bits per heavy atom. The van der Waals surface area contributed by atoms with Gasteiger partial charge in [-0.25, -0.2) is 12.8 Å². The molecule has 0 aliphatic carbocycles. The molecule has 0 heterocycles. The van der Waals surface area contributed by atoms with Gasteiger partial charge in [0.15, 0.2) is 9.84 Å². The lowest BCUT2D eigenvalue weighted by atomic mass is 10.2. The van der Waals surface area contributed by atoms with E-state index in [-0.39, 0.29) is 35.9 Å². The summed E-state index contributed by atoms with van der Waals surface area (Å²) in [4.78, 5) is 11.6. The zero-order valence-electron chi connectivity index (χ0n) is 11.1. The average molecular weight is 304 g/mol. The highest BCUT2D eigenvalue weighted by Crippen LogP contribution is 2.19. The van der Waals surface area contributed by atoms with Crippen LogP contribution >= 0.6 is 0 Å². The van der Waals surface area contributed by atoms with E-state index in [1.54, 1.807) is 0 Å². The molecule has 0 aliphatic rings. The van der Waals surface area contributed by atoms with E-state index in [1.807, 2.05) is 0 Å². The molecule has 0 bridgehead atoms. The minimum absolute atomic E-state index is 0.0839. The highest BCUT2D eigenvalue weighted by molar-refractivity contribution is 7.91. The van der Waals surface area contributed by atoms with Crippen molar-refractivity contribution >= 4 is 27.1 Å². The summed E-state index contributed by atoms with van der Waals surface area (Å²) < 4.78 is 40.5. The Balaban J connectivity index is 2.52. The van der Waals surface area contributed by atoms with Crippen molar-refractivity contribution in [3.05, 3.63) is 24.0 Å². The Hall–Kier alpha value is -1.67. The van der Waals surface area contributed by atoms with Crippen molar-refractivity contribution in [2.45, 2.75) is 6.42 Å². The fourth-order valence-corrected chi connectivity index (χ4v) is 2.54. The van der Waals surface area contributed by atoms with Crippen molar-refractivity contribution in [3.8, 4) is 0 Å². The molecule has 6 nitrogen and oxygen atoms in total. The van der Waals surface area contributed by atoms with Gasteiger partial charge < -0.3 is 15.8 Å². The first kappa shape index (κ1) is 16.4. The molecule has 1 rings (SSSR count). The molecular formula is C12H17FN2O4S. The van der Waals surface area contributed by atoms with Crippen LogP contribution in [0.5, 0.6) is 0 Å². The van der Waals surface area contributed by atoms with E-state index in [2.05, 4.69) is 10.1 Å². The second-order valence-corrected chi connectivity index (χ2v) is 6.48. The molecule has 0 saturated carbocycles. The topological polar surface area (TPSA) is 98.5 Å². The molecule has 3 N–H and O–H groups in total. The Morgan fingerprint density at radius 2 is 2.10 bits per heavy atom. The number of nitrogen functional groups attached to an aromatic ring is 1. The molecule has 0 radical (unpaired) electrons. The second-order valence-electron chi connectivity index (χ2n) is 4.17. The van der Waals surface area contributed by atoms with Crippen LogP contribution in [-0.2, 0) is 19.4 Å². The van der Waals surface area contributed by atoms with Gasteiger partial charge >= 0.3 is 0 Å². The number of amides is 1. The molecule has 1 amide bonds. The summed E-state index contributed by atoms with van der Waals surface area (Å²) in [6, 6.07) is 3.55. The minimum atomic E-state index is -3.33. The lowest BCUT2D eigenvalue weighted by molar-refractivity contribution is -0.115. The van der Waals surface area contributed by atoms with Gasteiger partial charge in [0.1, 0.15) is 5.82 Å². The van der Waals surface area contributed by atoms with Crippen molar-refractivity contribution in [1.82, 2.24) is 0 Å². The lowest BCUT2D eigenvalue weighted by Crippen LogP contribution is -2.21.